The number of nitrogen functional groups attached to an aromatic ring is 1. The molecule has 0 spiro atoms. The third kappa shape index (κ3) is 4.40. The van der Waals surface area contributed by atoms with Gasteiger partial charge in [0.25, 0.3) is 0 Å². The van der Waals surface area contributed by atoms with E-state index >= 15 is 0 Å². The summed E-state index contributed by atoms with van der Waals surface area (Å²) in [5.41, 5.74) is 6.77. The van der Waals surface area contributed by atoms with Gasteiger partial charge in [0.15, 0.2) is 0 Å². The molecule has 0 bridgehead atoms. The van der Waals surface area contributed by atoms with E-state index in [1.165, 1.54) is 11.8 Å². The standard InChI is InChI=1S/C14H22N2O2S2/c1-2-14(7-8-14)11-16-20(17,18)10-9-19-13-6-4-3-5-12(13)15/h3-6,16H,2,7-11,15H2,1H3. The second-order valence-corrected chi connectivity index (χ2v) is 8.44. The monoisotopic (exact) mass is 314 g/mol. The molecule has 0 aromatic heterocycles. The van der Waals surface area contributed by atoms with Crippen molar-refractivity contribution in [3.63, 3.8) is 0 Å². The minimum Gasteiger partial charge on any atom is -0.398 e. The van der Waals surface area contributed by atoms with Crippen molar-refractivity contribution in [3.05, 3.63) is 24.3 Å². The molecule has 4 nitrogen and oxygen atoms in total. The highest BCUT2D eigenvalue weighted by Crippen LogP contribution is 2.47. The minimum atomic E-state index is -3.18. The van der Waals surface area contributed by atoms with Crippen LogP contribution in [-0.2, 0) is 10.0 Å². The summed E-state index contributed by atoms with van der Waals surface area (Å²) in [6.45, 7) is 2.71. The largest absolute Gasteiger partial charge is 0.398 e. The summed E-state index contributed by atoms with van der Waals surface area (Å²) in [4.78, 5) is 0.940. The van der Waals surface area contributed by atoms with Gasteiger partial charge in [0, 0.05) is 22.9 Å². The first kappa shape index (κ1) is 15.7. The first-order valence-electron chi connectivity index (χ1n) is 6.91. The molecule has 6 heteroatoms. The Morgan fingerprint density at radius 3 is 2.65 bits per heavy atom. The van der Waals surface area contributed by atoms with Crippen molar-refractivity contribution < 1.29 is 8.42 Å². The Morgan fingerprint density at radius 2 is 2.05 bits per heavy atom. The van der Waals surface area contributed by atoms with Crippen molar-refractivity contribution in [1.82, 2.24) is 4.72 Å². The predicted octanol–water partition coefficient (Wildman–Crippen LogP) is 2.47. The topological polar surface area (TPSA) is 72.2 Å². The zero-order chi connectivity index (χ0) is 14.6. The summed E-state index contributed by atoms with van der Waals surface area (Å²) in [5, 5.41) is 0. The molecule has 1 aliphatic carbocycles. The van der Waals surface area contributed by atoms with Gasteiger partial charge >= 0.3 is 0 Å². The Morgan fingerprint density at radius 1 is 1.35 bits per heavy atom. The summed E-state index contributed by atoms with van der Waals surface area (Å²) in [6, 6.07) is 7.52. The number of nitrogens with one attached hydrogen (secondary N) is 1. The maximum absolute atomic E-state index is 11.9. The molecule has 2 rings (SSSR count). The van der Waals surface area contributed by atoms with Crippen molar-refractivity contribution in [2.24, 2.45) is 5.41 Å². The quantitative estimate of drug-likeness (QED) is 0.571. The van der Waals surface area contributed by atoms with E-state index in [-0.39, 0.29) is 11.2 Å². The molecule has 1 aromatic rings. The van der Waals surface area contributed by atoms with Crippen LogP contribution in [0, 0.1) is 5.41 Å². The van der Waals surface area contributed by atoms with Gasteiger partial charge in [0.05, 0.1) is 5.75 Å². The van der Waals surface area contributed by atoms with Gasteiger partial charge in [0.1, 0.15) is 0 Å². The molecule has 1 saturated carbocycles. The maximum Gasteiger partial charge on any atom is 0.212 e. The van der Waals surface area contributed by atoms with E-state index in [2.05, 4.69) is 11.6 Å². The molecule has 0 unspecified atom stereocenters. The Balaban J connectivity index is 1.76. The molecule has 20 heavy (non-hydrogen) atoms. The van der Waals surface area contributed by atoms with Crippen LogP contribution in [0.4, 0.5) is 5.69 Å². The molecule has 1 aromatic carbocycles. The van der Waals surface area contributed by atoms with Gasteiger partial charge in [-0.2, -0.15) is 0 Å². The molecule has 3 N–H and O–H groups in total. The Hall–Kier alpha value is -0.720. The second kappa shape index (κ2) is 6.37. The zero-order valence-electron chi connectivity index (χ0n) is 11.8. The third-order valence-corrected chi connectivity index (χ3v) is 6.58. The lowest BCUT2D eigenvalue weighted by Crippen LogP contribution is -2.32. The molecule has 1 fully saturated rings. The number of anilines is 1. The maximum atomic E-state index is 11.9. The van der Waals surface area contributed by atoms with E-state index in [1.807, 2.05) is 24.3 Å². The van der Waals surface area contributed by atoms with Crippen LogP contribution >= 0.6 is 11.8 Å². The fourth-order valence-electron chi connectivity index (χ4n) is 2.04. The Kier molecular flexibility index (Phi) is 4.99. The highest BCUT2D eigenvalue weighted by molar-refractivity contribution is 8.00. The molecule has 0 amide bonds. The molecule has 1 aliphatic rings. The number of hydrogen-bond acceptors (Lipinski definition) is 4. The van der Waals surface area contributed by atoms with Crippen molar-refractivity contribution >= 4 is 27.5 Å². The highest BCUT2D eigenvalue weighted by atomic mass is 32.2. The smallest absolute Gasteiger partial charge is 0.212 e. The van der Waals surface area contributed by atoms with Crippen LogP contribution in [-0.4, -0.2) is 26.5 Å². The molecule has 0 atom stereocenters. The van der Waals surface area contributed by atoms with E-state index in [0.29, 0.717) is 18.0 Å². The SMILES string of the molecule is CCC1(CNS(=O)(=O)CCSc2ccccc2N)CC1. The predicted molar refractivity (Wildman–Crippen MR) is 85.3 cm³/mol. The van der Waals surface area contributed by atoms with Crippen molar-refractivity contribution in [2.75, 3.05) is 23.8 Å². The Labute approximate surface area is 125 Å². The lowest BCUT2D eigenvalue weighted by atomic mass is 10.1. The number of hydrogen-bond donors (Lipinski definition) is 2. The van der Waals surface area contributed by atoms with Crippen LogP contribution in [0.1, 0.15) is 26.2 Å². The molecular formula is C14H22N2O2S2. The van der Waals surface area contributed by atoms with Crippen LogP contribution in [0.2, 0.25) is 0 Å². The van der Waals surface area contributed by atoms with Gasteiger partial charge in [-0.3, -0.25) is 0 Å². The fourth-order valence-corrected chi connectivity index (χ4v) is 4.55. The van der Waals surface area contributed by atoms with Gasteiger partial charge < -0.3 is 5.73 Å². The van der Waals surface area contributed by atoms with Crippen LogP contribution in [0.5, 0.6) is 0 Å². The molecule has 112 valence electrons. The van der Waals surface area contributed by atoms with E-state index < -0.39 is 10.0 Å². The van der Waals surface area contributed by atoms with E-state index in [9.17, 15) is 8.42 Å². The zero-order valence-corrected chi connectivity index (χ0v) is 13.4. The lowest BCUT2D eigenvalue weighted by molar-refractivity contribution is 0.476. The average molecular weight is 314 g/mol. The first-order chi connectivity index (χ1) is 9.46. The van der Waals surface area contributed by atoms with Gasteiger partial charge in [-0.15, -0.1) is 11.8 Å². The van der Waals surface area contributed by atoms with Crippen LogP contribution < -0.4 is 10.5 Å². The molecule has 0 heterocycles. The molecular weight excluding hydrogens is 292 g/mol. The highest BCUT2D eigenvalue weighted by Gasteiger charge is 2.41. The number of sulfonamides is 1. The molecule has 0 saturated heterocycles. The van der Waals surface area contributed by atoms with Crippen molar-refractivity contribution in [2.45, 2.75) is 31.1 Å². The summed E-state index contributed by atoms with van der Waals surface area (Å²) in [5.74, 6) is 0.647. The molecule has 0 radical (unpaired) electrons. The number of nitrogens with two attached hydrogens (primary N) is 1. The summed E-state index contributed by atoms with van der Waals surface area (Å²) < 4.78 is 26.6. The summed E-state index contributed by atoms with van der Waals surface area (Å²) in [6.07, 6.45) is 3.33. The summed E-state index contributed by atoms with van der Waals surface area (Å²) >= 11 is 1.48. The molecule has 0 aliphatic heterocycles. The number of benzene rings is 1. The van der Waals surface area contributed by atoms with Crippen molar-refractivity contribution in [1.29, 1.82) is 0 Å². The van der Waals surface area contributed by atoms with Crippen LogP contribution in [0.15, 0.2) is 29.2 Å². The number of thioether (sulfide) groups is 1. The lowest BCUT2D eigenvalue weighted by Gasteiger charge is -2.13. The van der Waals surface area contributed by atoms with Crippen molar-refractivity contribution in [3.8, 4) is 0 Å². The van der Waals surface area contributed by atoms with Gasteiger partial charge in [-0.05, 0) is 36.8 Å². The van der Waals surface area contributed by atoms with E-state index in [1.54, 1.807) is 0 Å². The Bertz CT molecular complexity index is 554. The van der Waals surface area contributed by atoms with Crippen LogP contribution in [0.25, 0.3) is 0 Å². The van der Waals surface area contributed by atoms with E-state index in [0.717, 1.165) is 24.2 Å². The van der Waals surface area contributed by atoms with Gasteiger partial charge in [-0.25, -0.2) is 13.1 Å². The normalized spacial score (nSPS) is 17.1. The fraction of sp³-hybridized carbons (Fsp3) is 0.571. The van der Waals surface area contributed by atoms with E-state index in [4.69, 9.17) is 5.73 Å². The van der Waals surface area contributed by atoms with Gasteiger partial charge in [0.2, 0.25) is 10.0 Å². The second-order valence-electron chi connectivity index (χ2n) is 5.38. The average Bonchev–Trinajstić information content (AvgIpc) is 3.20. The number of para-hydroxylation sites is 1. The van der Waals surface area contributed by atoms with Gasteiger partial charge in [-0.1, -0.05) is 19.1 Å². The number of rotatable bonds is 8. The third-order valence-electron chi connectivity index (χ3n) is 3.90. The summed E-state index contributed by atoms with van der Waals surface area (Å²) in [7, 11) is -3.18. The first-order valence-corrected chi connectivity index (χ1v) is 9.55. The van der Waals surface area contributed by atoms with Crippen LogP contribution in [0.3, 0.4) is 0 Å². The minimum absolute atomic E-state index is 0.131.